The molecule has 1 aromatic carbocycles. The zero-order chi connectivity index (χ0) is 15.1. The summed E-state index contributed by atoms with van der Waals surface area (Å²) in [7, 11) is 0. The molecule has 0 amide bonds. The fourth-order valence-electron chi connectivity index (χ4n) is 2.54. The van der Waals surface area contributed by atoms with Crippen molar-refractivity contribution in [1.82, 2.24) is 0 Å². The van der Waals surface area contributed by atoms with Crippen LogP contribution in [0.1, 0.15) is 19.4 Å². The largest absolute Gasteiger partial charge is 0.481 e. The van der Waals surface area contributed by atoms with E-state index in [2.05, 4.69) is 6.07 Å². The first kappa shape index (κ1) is 14.9. The molecule has 0 bridgehead atoms. The summed E-state index contributed by atoms with van der Waals surface area (Å²) in [4.78, 5) is 11.1. The van der Waals surface area contributed by atoms with E-state index in [9.17, 15) is 10.1 Å². The zero-order valence-electron chi connectivity index (χ0n) is 11.0. The quantitative estimate of drug-likeness (QED) is 0.849. The lowest BCUT2D eigenvalue weighted by Crippen LogP contribution is -2.03. The Labute approximate surface area is 127 Å². The predicted octanol–water partition coefficient (Wildman–Crippen LogP) is 4.26. The van der Waals surface area contributed by atoms with E-state index >= 15 is 0 Å². The van der Waals surface area contributed by atoms with Crippen LogP contribution in [0.15, 0.2) is 24.3 Å². The Kier molecular flexibility index (Phi) is 3.82. The number of carbonyl (C=O) groups is 1. The maximum absolute atomic E-state index is 11.1. The number of hydrogen-bond acceptors (Lipinski definition) is 2. The van der Waals surface area contributed by atoms with Crippen LogP contribution in [-0.2, 0) is 4.79 Å². The average Bonchev–Trinajstić information content (AvgIpc) is 2.88. The van der Waals surface area contributed by atoms with Crippen molar-refractivity contribution in [3.8, 4) is 6.07 Å². The second-order valence-electron chi connectivity index (χ2n) is 5.48. The van der Waals surface area contributed by atoms with Crippen LogP contribution >= 0.6 is 23.2 Å². The monoisotopic (exact) mass is 309 g/mol. The van der Waals surface area contributed by atoms with Gasteiger partial charge in [-0.25, -0.2) is 0 Å². The summed E-state index contributed by atoms with van der Waals surface area (Å²) in [5.74, 6) is -1.46. The third-order valence-electron chi connectivity index (χ3n) is 3.86. The molecule has 1 aromatic rings. The van der Waals surface area contributed by atoms with Gasteiger partial charge in [0.15, 0.2) is 0 Å². The molecule has 0 radical (unpaired) electrons. The first-order valence-electron chi connectivity index (χ1n) is 6.09. The molecule has 2 atom stereocenters. The molecule has 5 heteroatoms. The van der Waals surface area contributed by atoms with Crippen molar-refractivity contribution < 1.29 is 9.90 Å². The highest BCUT2D eigenvalue weighted by atomic mass is 35.5. The van der Waals surface area contributed by atoms with Crippen LogP contribution < -0.4 is 0 Å². The molecule has 0 spiro atoms. The van der Waals surface area contributed by atoms with Crippen LogP contribution in [-0.4, -0.2) is 11.1 Å². The van der Waals surface area contributed by atoms with Gasteiger partial charge in [0.25, 0.3) is 0 Å². The molecule has 104 valence electrons. The fraction of sp³-hybridized carbons (Fsp3) is 0.333. The first-order chi connectivity index (χ1) is 9.28. The minimum atomic E-state index is -0.837. The van der Waals surface area contributed by atoms with Gasteiger partial charge in [-0.15, -0.1) is 0 Å². The summed E-state index contributed by atoms with van der Waals surface area (Å²) in [6, 6.07) is 6.98. The van der Waals surface area contributed by atoms with E-state index < -0.39 is 11.9 Å². The Bertz CT molecular complexity index is 644. The number of benzene rings is 1. The molecule has 0 unspecified atom stereocenters. The molecule has 20 heavy (non-hydrogen) atoms. The highest BCUT2D eigenvalue weighted by molar-refractivity contribution is 6.35. The summed E-state index contributed by atoms with van der Waals surface area (Å²) in [5.41, 5.74) is 0.617. The molecule has 3 nitrogen and oxygen atoms in total. The van der Waals surface area contributed by atoms with Gasteiger partial charge in [-0.2, -0.15) is 5.26 Å². The molecule has 1 fully saturated rings. The second-order valence-corrected chi connectivity index (χ2v) is 6.32. The topological polar surface area (TPSA) is 61.1 Å². The SMILES string of the molecule is CC1(C)[C@@H](C=C(C#N)c2ccc(Cl)cc2Cl)[C@@H]1C(=O)O. The van der Waals surface area contributed by atoms with Crippen molar-refractivity contribution in [1.29, 1.82) is 5.26 Å². The van der Waals surface area contributed by atoms with Gasteiger partial charge in [0.05, 0.1) is 22.6 Å². The Morgan fingerprint density at radius 3 is 2.55 bits per heavy atom. The fourth-order valence-corrected chi connectivity index (χ4v) is 3.05. The number of nitriles is 1. The van der Waals surface area contributed by atoms with Crippen molar-refractivity contribution in [2.45, 2.75) is 13.8 Å². The lowest BCUT2D eigenvalue weighted by Gasteiger charge is -2.04. The molecule has 0 aromatic heterocycles. The molecular formula is C15H13Cl2NO2. The van der Waals surface area contributed by atoms with Crippen LogP contribution in [0.25, 0.3) is 5.57 Å². The van der Waals surface area contributed by atoms with Crippen LogP contribution in [0, 0.1) is 28.6 Å². The summed E-state index contributed by atoms with van der Waals surface area (Å²) < 4.78 is 0. The highest BCUT2D eigenvalue weighted by Crippen LogP contribution is 2.59. The van der Waals surface area contributed by atoms with Crippen molar-refractivity contribution in [3.63, 3.8) is 0 Å². The van der Waals surface area contributed by atoms with E-state index in [-0.39, 0.29) is 11.3 Å². The molecular weight excluding hydrogens is 297 g/mol. The number of nitrogens with zero attached hydrogens (tertiary/aromatic N) is 1. The summed E-state index contributed by atoms with van der Waals surface area (Å²) in [6.45, 7) is 3.76. The van der Waals surface area contributed by atoms with Gasteiger partial charge >= 0.3 is 5.97 Å². The molecule has 0 heterocycles. The number of hydrogen-bond donors (Lipinski definition) is 1. The maximum Gasteiger partial charge on any atom is 0.307 e. The van der Waals surface area contributed by atoms with Crippen LogP contribution in [0.2, 0.25) is 10.0 Å². The number of carboxylic acid groups (broad SMARTS) is 1. The van der Waals surface area contributed by atoms with E-state index in [0.717, 1.165) is 0 Å². The third kappa shape index (κ3) is 2.54. The van der Waals surface area contributed by atoms with Crippen molar-refractivity contribution in [3.05, 3.63) is 39.9 Å². The Morgan fingerprint density at radius 2 is 2.10 bits per heavy atom. The first-order valence-corrected chi connectivity index (χ1v) is 6.84. The maximum atomic E-state index is 11.1. The van der Waals surface area contributed by atoms with E-state index in [1.54, 1.807) is 24.3 Å². The number of carboxylic acids is 1. The minimum Gasteiger partial charge on any atom is -0.481 e. The summed E-state index contributed by atoms with van der Waals surface area (Å²) in [5, 5.41) is 19.3. The predicted molar refractivity (Wildman–Crippen MR) is 78.4 cm³/mol. The number of rotatable bonds is 3. The van der Waals surface area contributed by atoms with E-state index in [0.29, 0.717) is 21.2 Å². The van der Waals surface area contributed by atoms with Gasteiger partial charge in [0.1, 0.15) is 0 Å². The Morgan fingerprint density at radius 1 is 1.45 bits per heavy atom. The lowest BCUT2D eigenvalue weighted by atomic mass is 10.0. The van der Waals surface area contributed by atoms with Crippen LogP contribution in [0.5, 0.6) is 0 Å². The molecule has 0 aliphatic heterocycles. The normalized spacial score (nSPS) is 24.1. The second kappa shape index (κ2) is 5.12. The lowest BCUT2D eigenvalue weighted by molar-refractivity contribution is -0.139. The molecule has 1 aliphatic carbocycles. The molecule has 1 N–H and O–H groups in total. The van der Waals surface area contributed by atoms with Gasteiger partial charge < -0.3 is 5.11 Å². The van der Waals surface area contributed by atoms with Gasteiger partial charge in [0.2, 0.25) is 0 Å². The average molecular weight is 310 g/mol. The standard InChI is InChI=1S/C15H13Cl2NO2/c1-15(2)11(13(15)14(19)20)5-8(7-18)10-4-3-9(16)6-12(10)17/h3-6,11,13H,1-2H3,(H,19,20)/t11-,13+/m0/s1. The molecule has 1 aliphatic rings. The van der Waals surface area contributed by atoms with Crippen LogP contribution in [0.4, 0.5) is 0 Å². The minimum absolute atomic E-state index is 0.165. The molecule has 1 saturated carbocycles. The molecule has 0 saturated heterocycles. The number of aliphatic carboxylic acids is 1. The van der Waals surface area contributed by atoms with Gasteiger partial charge in [-0.05, 0) is 23.5 Å². The van der Waals surface area contributed by atoms with E-state index in [1.807, 2.05) is 13.8 Å². The van der Waals surface area contributed by atoms with Gasteiger partial charge in [-0.3, -0.25) is 4.79 Å². The summed E-state index contributed by atoms with van der Waals surface area (Å²) in [6.07, 6.45) is 1.70. The van der Waals surface area contributed by atoms with Crippen LogP contribution in [0.3, 0.4) is 0 Å². The third-order valence-corrected chi connectivity index (χ3v) is 4.41. The Balaban J connectivity index is 2.37. The summed E-state index contributed by atoms with van der Waals surface area (Å²) >= 11 is 11.9. The smallest absolute Gasteiger partial charge is 0.307 e. The van der Waals surface area contributed by atoms with Crippen molar-refractivity contribution >= 4 is 34.7 Å². The Hall–Kier alpha value is -1.50. The van der Waals surface area contributed by atoms with E-state index in [1.165, 1.54) is 0 Å². The van der Waals surface area contributed by atoms with E-state index in [4.69, 9.17) is 28.3 Å². The number of allylic oxidation sites excluding steroid dienone is 2. The van der Waals surface area contributed by atoms with Gasteiger partial charge in [0, 0.05) is 10.6 Å². The van der Waals surface area contributed by atoms with Crippen molar-refractivity contribution in [2.75, 3.05) is 0 Å². The zero-order valence-corrected chi connectivity index (χ0v) is 12.5. The van der Waals surface area contributed by atoms with Gasteiger partial charge in [-0.1, -0.05) is 49.2 Å². The van der Waals surface area contributed by atoms with Crippen molar-refractivity contribution in [2.24, 2.45) is 17.3 Å². The highest BCUT2D eigenvalue weighted by Gasteiger charge is 2.61. The number of halogens is 2. The molecule has 2 rings (SSSR count).